The minimum absolute atomic E-state index is 0.0345. The summed E-state index contributed by atoms with van der Waals surface area (Å²) >= 11 is 6.08. The summed E-state index contributed by atoms with van der Waals surface area (Å²) in [5.41, 5.74) is 3.40. The minimum atomic E-state index is -0.258. The summed E-state index contributed by atoms with van der Waals surface area (Å²) in [7, 11) is 1.78. The van der Waals surface area contributed by atoms with Crippen molar-refractivity contribution in [2.75, 3.05) is 32.1 Å². The number of halogens is 1. The lowest BCUT2D eigenvalue weighted by Crippen LogP contribution is -2.42. The van der Waals surface area contributed by atoms with Crippen LogP contribution in [-0.2, 0) is 4.74 Å². The number of anilines is 1. The van der Waals surface area contributed by atoms with Gasteiger partial charge in [0.1, 0.15) is 11.9 Å². The Kier molecular flexibility index (Phi) is 5.74. The highest BCUT2D eigenvalue weighted by atomic mass is 35.5. The number of ether oxygens (including phenoxy) is 1. The van der Waals surface area contributed by atoms with Crippen LogP contribution in [0.15, 0.2) is 60.9 Å². The Balaban J connectivity index is 1.48. The molecule has 0 aliphatic carbocycles. The first-order valence-corrected chi connectivity index (χ1v) is 9.78. The summed E-state index contributed by atoms with van der Waals surface area (Å²) in [6, 6.07) is 15.1. The molecule has 1 aliphatic heterocycles. The number of carbonyl (C=O) groups is 1. The summed E-state index contributed by atoms with van der Waals surface area (Å²) in [6.07, 6.45) is 3.19. The summed E-state index contributed by atoms with van der Waals surface area (Å²) < 4.78 is 5.89. The van der Waals surface area contributed by atoms with Crippen LogP contribution < -0.4 is 5.32 Å². The number of hydrogen-bond donors (Lipinski definition) is 1. The molecule has 3 heterocycles. The molecule has 148 valence electrons. The second-order valence-corrected chi connectivity index (χ2v) is 7.21. The van der Waals surface area contributed by atoms with Gasteiger partial charge in [0.05, 0.1) is 18.8 Å². The predicted molar refractivity (Wildman–Crippen MR) is 113 cm³/mol. The molecule has 1 atom stereocenters. The maximum absolute atomic E-state index is 12.9. The SMILES string of the molecule is CNc1cc(C(=O)N2CCO[C@H](c3ccc(-c4cccc(Cl)c4)cn3)C2)ccn1. The molecule has 6 nitrogen and oxygen atoms in total. The molecule has 0 spiro atoms. The second kappa shape index (κ2) is 8.59. The molecule has 2 aromatic heterocycles. The van der Waals surface area contributed by atoms with Gasteiger partial charge in [0.2, 0.25) is 0 Å². The van der Waals surface area contributed by atoms with Crippen LogP contribution in [0.3, 0.4) is 0 Å². The maximum Gasteiger partial charge on any atom is 0.254 e. The summed E-state index contributed by atoms with van der Waals surface area (Å²) in [6.45, 7) is 1.48. The van der Waals surface area contributed by atoms with Crippen LogP contribution in [0.1, 0.15) is 22.2 Å². The van der Waals surface area contributed by atoms with Crippen molar-refractivity contribution in [2.24, 2.45) is 0 Å². The van der Waals surface area contributed by atoms with Crippen LogP contribution in [0.2, 0.25) is 5.02 Å². The molecule has 1 fully saturated rings. The number of nitrogens with one attached hydrogen (secondary N) is 1. The van der Waals surface area contributed by atoms with Gasteiger partial charge in [0.25, 0.3) is 5.91 Å². The van der Waals surface area contributed by atoms with E-state index < -0.39 is 0 Å². The Morgan fingerprint density at radius 3 is 2.83 bits per heavy atom. The zero-order valence-electron chi connectivity index (χ0n) is 16.0. The Morgan fingerprint density at radius 2 is 2.07 bits per heavy atom. The van der Waals surface area contributed by atoms with Crippen molar-refractivity contribution in [1.82, 2.24) is 14.9 Å². The van der Waals surface area contributed by atoms with Gasteiger partial charge >= 0.3 is 0 Å². The van der Waals surface area contributed by atoms with Gasteiger partial charge in [-0.3, -0.25) is 9.78 Å². The van der Waals surface area contributed by atoms with E-state index >= 15 is 0 Å². The fourth-order valence-electron chi connectivity index (χ4n) is 3.33. The van der Waals surface area contributed by atoms with Crippen LogP contribution in [0.5, 0.6) is 0 Å². The van der Waals surface area contributed by atoms with E-state index in [0.717, 1.165) is 16.8 Å². The fraction of sp³-hybridized carbons (Fsp3) is 0.227. The first-order valence-electron chi connectivity index (χ1n) is 9.40. The second-order valence-electron chi connectivity index (χ2n) is 6.77. The van der Waals surface area contributed by atoms with E-state index in [4.69, 9.17) is 16.3 Å². The van der Waals surface area contributed by atoms with Gasteiger partial charge in [-0.05, 0) is 35.9 Å². The molecule has 0 unspecified atom stereocenters. The first-order chi connectivity index (χ1) is 14.1. The molecule has 1 aromatic carbocycles. The molecular weight excluding hydrogens is 388 g/mol. The third-order valence-corrected chi connectivity index (χ3v) is 5.13. The zero-order valence-corrected chi connectivity index (χ0v) is 16.8. The molecule has 1 saturated heterocycles. The standard InChI is InChI=1S/C22H21ClN4O2/c1-24-21-12-16(7-8-25-21)22(28)27-9-10-29-20(14-27)19-6-5-17(13-26-19)15-3-2-4-18(23)11-15/h2-8,11-13,20H,9-10,14H2,1H3,(H,24,25)/t20-/m0/s1. The molecule has 0 saturated carbocycles. The first kappa shape index (κ1) is 19.4. The van der Waals surface area contributed by atoms with E-state index in [1.807, 2.05) is 42.6 Å². The van der Waals surface area contributed by atoms with Crippen molar-refractivity contribution < 1.29 is 9.53 Å². The van der Waals surface area contributed by atoms with Crippen LogP contribution in [0.25, 0.3) is 11.1 Å². The molecule has 0 radical (unpaired) electrons. The number of benzene rings is 1. The topological polar surface area (TPSA) is 67.4 Å². The number of nitrogens with zero attached hydrogens (tertiary/aromatic N) is 3. The maximum atomic E-state index is 12.9. The van der Waals surface area contributed by atoms with Gasteiger partial charge in [-0.2, -0.15) is 0 Å². The molecule has 0 bridgehead atoms. The number of pyridine rings is 2. The third-order valence-electron chi connectivity index (χ3n) is 4.89. The number of morpholine rings is 1. The quantitative estimate of drug-likeness (QED) is 0.705. The number of rotatable bonds is 4. The summed E-state index contributed by atoms with van der Waals surface area (Å²) in [5.74, 6) is 0.631. The Hall–Kier alpha value is -2.96. The van der Waals surface area contributed by atoms with Crippen molar-refractivity contribution >= 4 is 23.3 Å². The molecule has 3 aromatic rings. The van der Waals surface area contributed by atoms with E-state index in [0.29, 0.717) is 36.1 Å². The number of carbonyl (C=O) groups excluding carboxylic acids is 1. The largest absolute Gasteiger partial charge is 0.373 e. The van der Waals surface area contributed by atoms with E-state index in [1.54, 1.807) is 30.3 Å². The smallest absolute Gasteiger partial charge is 0.254 e. The predicted octanol–water partition coefficient (Wildman–Crippen LogP) is 4.05. The van der Waals surface area contributed by atoms with Crippen LogP contribution in [0.4, 0.5) is 5.82 Å². The van der Waals surface area contributed by atoms with Crippen LogP contribution >= 0.6 is 11.6 Å². The molecule has 7 heteroatoms. The van der Waals surface area contributed by atoms with Crippen molar-refractivity contribution in [3.05, 3.63) is 77.2 Å². The van der Waals surface area contributed by atoms with Crippen molar-refractivity contribution in [3.63, 3.8) is 0 Å². The third kappa shape index (κ3) is 4.39. The molecule has 4 rings (SSSR count). The van der Waals surface area contributed by atoms with Gasteiger partial charge in [0.15, 0.2) is 0 Å². The molecule has 1 amide bonds. The van der Waals surface area contributed by atoms with Crippen LogP contribution in [-0.4, -0.2) is 47.5 Å². The number of amides is 1. The van der Waals surface area contributed by atoms with E-state index in [9.17, 15) is 4.79 Å². The van der Waals surface area contributed by atoms with Gasteiger partial charge in [-0.1, -0.05) is 29.8 Å². The van der Waals surface area contributed by atoms with E-state index in [-0.39, 0.29) is 12.0 Å². The normalized spacial score (nSPS) is 16.5. The summed E-state index contributed by atoms with van der Waals surface area (Å²) in [4.78, 5) is 23.4. The van der Waals surface area contributed by atoms with E-state index in [1.165, 1.54) is 0 Å². The van der Waals surface area contributed by atoms with Crippen molar-refractivity contribution in [3.8, 4) is 11.1 Å². The highest BCUT2D eigenvalue weighted by molar-refractivity contribution is 6.30. The van der Waals surface area contributed by atoms with Gasteiger partial charge in [0, 0.05) is 42.1 Å². The zero-order chi connectivity index (χ0) is 20.2. The van der Waals surface area contributed by atoms with Crippen molar-refractivity contribution in [2.45, 2.75) is 6.10 Å². The minimum Gasteiger partial charge on any atom is -0.373 e. The van der Waals surface area contributed by atoms with Gasteiger partial charge in [-0.25, -0.2) is 4.98 Å². The monoisotopic (exact) mass is 408 g/mol. The molecule has 1 aliphatic rings. The molecule has 29 heavy (non-hydrogen) atoms. The van der Waals surface area contributed by atoms with Crippen LogP contribution in [0, 0.1) is 0 Å². The molecular formula is C22H21ClN4O2. The Bertz CT molecular complexity index is 1010. The van der Waals surface area contributed by atoms with E-state index in [2.05, 4.69) is 15.3 Å². The fourth-order valence-corrected chi connectivity index (χ4v) is 3.52. The summed E-state index contributed by atoms with van der Waals surface area (Å²) in [5, 5.41) is 3.65. The lowest BCUT2D eigenvalue weighted by molar-refractivity contribution is -0.0247. The van der Waals surface area contributed by atoms with Gasteiger partial charge < -0.3 is 15.0 Å². The lowest BCUT2D eigenvalue weighted by atomic mass is 10.1. The average Bonchev–Trinajstić information content (AvgIpc) is 2.79. The van der Waals surface area contributed by atoms with Gasteiger partial charge in [-0.15, -0.1) is 0 Å². The number of hydrogen-bond acceptors (Lipinski definition) is 5. The Morgan fingerprint density at radius 1 is 1.17 bits per heavy atom. The lowest BCUT2D eigenvalue weighted by Gasteiger charge is -2.32. The number of aromatic nitrogens is 2. The van der Waals surface area contributed by atoms with Crippen molar-refractivity contribution in [1.29, 1.82) is 0 Å². The molecule has 1 N–H and O–H groups in total. The highest BCUT2D eigenvalue weighted by Crippen LogP contribution is 2.26. The highest BCUT2D eigenvalue weighted by Gasteiger charge is 2.27. The average molecular weight is 409 g/mol. The Labute approximate surface area is 174 Å².